The highest BCUT2D eigenvalue weighted by Gasteiger charge is 2.11. The number of nitrogens with one attached hydrogen (secondary N) is 1. The van der Waals surface area contributed by atoms with Gasteiger partial charge in [0, 0.05) is 18.0 Å². The molecule has 0 bridgehead atoms. The zero-order valence-electron chi connectivity index (χ0n) is 8.95. The van der Waals surface area contributed by atoms with E-state index in [-0.39, 0.29) is 12.6 Å². The first-order chi connectivity index (χ1) is 6.63. The lowest BCUT2D eigenvalue weighted by Crippen LogP contribution is -2.36. The van der Waals surface area contributed by atoms with Crippen LogP contribution in [0.3, 0.4) is 0 Å². The number of aliphatic hydroxyl groups is 1. The first kappa shape index (κ1) is 11.6. The van der Waals surface area contributed by atoms with Crippen molar-refractivity contribution >= 4 is 11.3 Å². The summed E-state index contributed by atoms with van der Waals surface area (Å²) in [7, 11) is 0. The lowest BCUT2D eigenvalue weighted by Gasteiger charge is -2.19. The molecule has 3 nitrogen and oxygen atoms in total. The molecule has 0 aliphatic rings. The van der Waals surface area contributed by atoms with E-state index in [1.165, 1.54) is 0 Å². The number of nitrogens with zero attached hydrogens (tertiary/aromatic N) is 1. The van der Waals surface area contributed by atoms with E-state index in [0.29, 0.717) is 5.92 Å². The second-order valence-electron chi connectivity index (χ2n) is 3.77. The van der Waals surface area contributed by atoms with Gasteiger partial charge in [0.1, 0.15) is 0 Å². The Kier molecular flexibility index (Phi) is 4.51. The Hall–Kier alpha value is -0.450. The normalized spacial score (nSPS) is 13.5. The monoisotopic (exact) mass is 214 g/mol. The van der Waals surface area contributed by atoms with Gasteiger partial charge in [0.25, 0.3) is 0 Å². The Morgan fingerprint density at radius 3 is 2.71 bits per heavy atom. The summed E-state index contributed by atoms with van der Waals surface area (Å²) in [6.07, 6.45) is 0. The summed E-state index contributed by atoms with van der Waals surface area (Å²) < 4.78 is 0. The number of rotatable bonds is 5. The predicted octanol–water partition coefficient (Wildman–Crippen LogP) is 1.56. The van der Waals surface area contributed by atoms with Gasteiger partial charge < -0.3 is 10.4 Å². The third-order valence-corrected chi connectivity index (χ3v) is 3.04. The molecule has 0 aromatic carbocycles. The van der Waals surface area contributed by atoms with Crippen molar-refractivity contribution in [3.8, 4) is 0 Å². The van der Waals surface area contributed by atoms with Crippen LogP contribution < -0.4 is 5.32 Å². The average molecular weight is 214 g/mol. The van der Waals surface area contributed by atoms with Crippen LogP contribution in [0.5, 0.6) is 0 Å². The van der Waals surface area contributed by atoms with Crippen molar-refractivity contribution in [3.63, 3.8) is 0 Å². The van der Waals surface area contributed by atoms with Crippen LogP contribution in [0.1, 0.15) is 24.5 Å². The zero-order chi connectivity index (χ0) is 10.6. The average Bonchev–Trinajstić information content (AvgIpc) is 2.52. The van der Waals surface area contributed by atoms with Crippen LogP contribution in [0.2, 0.25) is 0 Å². The molecule has 0 saturated heterocycles. The lowest BCUT2D eigenvalue weighted by atomic mass is 10.1. The molecule has 0 fully saturated rings. The second-order valence-corrected chi connectivity index (χ2v) is 4.83. The summed E-state index contributed by atoms with van der Waals surface area (Å²) in [6, 6.07) is 0.164. The summed E-state index contributed by atoms with van der Waals surface area (Å²) in [4.78, 5) is 4.35. The molecule has 1 unspecified atom stereocenters. The topological polar surface area (TPSA) is 45.2 Å². The summed E-state index contributed by atoms with van der Waals surface area (Å²) in [5.74, 6) is 0.444. The molecule has 1 heterocycles. The van der Waals surface area contributed by atoms with Crippen molar-refractivity contribution < 1.29 is 5.11 Å². The van der Waals surface area contributed by atoms with Gasteiger partial charge in [-0.25, -0.2) is 4.98 Å². The molecule has 14 heavy (non-hydrogen) atoms. The van der Waals surface area contributed by atoms with E-state index in [1.807, 2.05) is 6.92 Å². The largest absolute Gasteiger partial charge is 0.395 e. The van der Waals surface area contributed by atoms with Gasteiger partial charge in [-0.15, -0.1) is 11.3 Å². The van der Waals surface area contributed by atoms with Crippen molar-refractivity contribution in [1.82, 2.24) is 10.3 Å². The van der Waals surface area contributed by atoms with Crippen LogP contribution in [0.25, 0.3) is 0 Å². The molecule has 80 valence electrons. The van der Waals surface area contributed by atoms with Gasteiger partial charge in [0.2, 0.25) is 0 Å². The van der Waals surface area contributed by atoms with Crippen LogP contribution in [-0.2, 0) is 6.54 Å². The van der Waals surface area contributed by atoms with E-state index < -0.39 is 0 Å². The van der Waals surface area contributed by atoms with Crippen LogP contribution in [0.4, 0.5) is 0 Å². The molecule has 1 aromatic heterocycles. The van der Waals surface area contributed by atoms with Gasteiger partial charge in [0.05, 0.1) is 17.3 Å². The van der Waals surface area contributed by atoms with Crippen LogP contribution >= 0.6 is 11.3 Å². The first-order valence-corrected chi connectivity index (χ1v) is 5.76. The molecular weight excluding hydrogens is 196 g/mol. The van der Waals surface area contributed by atoms with E-state index in [4.69, 9.17) is 5.11 Å². The predicted molar refractivity (Wildman–Crippen MR) is 59.4 cm³/mol. The van der Waals surface area contributed by atoms with Gasteiger partial charge >= 0.3 is 0 Å². The summed E-state index contributed by atoms with van der Waals surface area (Å²) in [6.45, 7) is 7.12. The van der Waals surface area contributed by atoms with Gasteiger partial charge in [-0.1, -0.05) is 13.8 Å². The molecule has 4 heteroatoms. The molecule has 0 radical (unpaired) electrons. The third kappa shape index (κ3) is 3.36. The van der Waals surface area contributed by atoms with E-state index in [2.05, 4.69) is 29.5 Å². The standard InChI is InChI=1S/C10H18N2OS/c1-7(2)10(5-13)11-4-9-6-14-8(3)12-9/h6-7,10-11,13H,4-5H2,1-3H3. The Balaban J connectivity index is 2.39. The number of hydrogen-bond donors (Lipinski definition) is 2. The maximum atomic E-state index is 9.10. The van der Waals surface area contributed by atoms with Crippen LogP contribution in [0.15, 0.2) is 5.38 Å². The zero-order valence-corrected chi connectivity index (χ0v) is 9.77. The summed E-state index contributed by atoms with van der Waals surface area (Å²) in [5, 5.41) is 15.5. The molecule has 0 aliphatic carbocycles. The lowest BCUT2D eigenvalue weighted by molar-refractivity contribution is 0.210. The summed E-state index contributed by atoms with van der Waals surface area (Å²) >= 11 is 1.66. The number of aryl methyl sites for hydroxylation is 1. The molecule has 0 aliphatic heterocycles. The Morgan fingerprint density at radius 1 is 1.57 bits per heavy atom. The van der Waals surface area contributed by atoms with Crippen molar-refractivity contribution in [2.75, 3.05) is 6.61 Å². The van der Waals surface area contributed by atoms with E-state index in [1.54, 1.807) is 11.3 Å². The van der Waals surface area contributed by atoms with Gasteiger partial charge in [-0.3, -0.25) is 0 Å². The molecule has 0 spiro atoms. The first-order valence-electron chi connectivity index (χ1n) is 4.88. The number of thiazole rings is 1. The van der Waals surface area contributed by atoms with Crippen molar-refractivity contribution in [1.29, 1.82) is 0 Å². The van der Waals surface area contributed by atoms with Gasteiger partial charge in [-0.05, 0) is 12.8 Å². The minimum atomic E-state index is 0.164. The van der Waals surface area contributed by atoms with E-state index in [9.17, 15) is 0 Å². The molecule has 1 rings (SSSR count). The molecular formula is C10H18N2OS. The van der Waals surface area contributed by atoms with Gasteiger partial charge in [-0.2, -0.15) is 0 Å². The molecule has 1 atom stereocenters. The van der Waals surface area contributed by atoms with Crippen molar-refractivity contribution in [2.45, 2.75) is 33.4 Å². The van der Waals surface area contributed by atoms with E-state index in [0.717, 1.165) is 17.2 Å². The fourth-order valence-electron chi connectivity index (χ4n) is 1.24. The highest BCUT2D eigenvalue weighted by molar-refractivity contribution is 7.09. The van der Waals surface area contributed by atoms with E-state index >= 15 is 0 Å². The quantitative estimate of drug-likeness (QED) is 0.782. The maximum Gasteiger partial charge on any atom is 0.0897 e. The fraction of sp³-hybridized carbons (Fsp3) is 0.700. The molecule has 0 amide bonds. The van der Waals surface area contributed by atoms with Crippen molar-refractivity contribution in [2.24, 2.45) is 5.92 Å². The molecule has 0 saturated carbocycles. The van der Waals surface area contributed by atoms with Gasteiger partial charge in [0.15, 0.2) is 0 Å². The SMILES string of the molecule is Cc1nc(CNC(CO)C(C)C)cs1. The number of hydrogen-bond acceptors (Lipinski definition) is 4. The molecule has 2 N–H and O–H groups in total. The smallest absolute Gasteiger partial charge is 0.0897 e. The van der Waals surface area contributed by atoms with Crippen molar-refractivity contribution in [3.05, 3.63) is 16.1 Å². The highest BCUT2D eigenvalue weighted by Crippen LogP contribution is 2.08. The van der Waals surface area contributed by atoms with Crippen LogP contribution in [-0.4, -0.2) is 22.7 Å². The fourth-order valence-corrected chi connectivity index (χ4v) is 1.85. The highest BCUT2D eigenvalue weighted by atomic mass is 32.1. The number of aliphatic hydroxyl groups excluding tert-OH is 1. The third-order valence-electron chi connectivity index (χ3n) is 2.21. The number of aromatic nitrogens is 1. The Morgan fingerprint density at radius 2 is 2.29 bits per heavy atom. The molecule has 1 aromatic rings. The Labute approximate surface area is 89.2 Å². The minimum absolute atomic E-state index is 0.164. The van der Waals surface area contributed by atoms with Crippen LogP contribution in [0, 0.1) is 12.8 Å². The second kappa shape index (κ2) is 5.44. The summed E-state index contributed by atoms with van der Waals surface area (Å²) in [5.41, 5.74) is 1.06. The minimum Gasteiger partial charge on any atom is -0.395 e. The maximum absolute atomic E-state index is 9.10. The Bertz CT molecular complexity index is 273.